The van der Waals surface area contributed by atoms with Gasteiger partial charge in [0.1, 0.15) is 11.5 Å². The maximum Gasteiger partial charge on any atom is 0.137 e. The average Bonchev–Trinajstić information content (AvgIpc) is 3.09. The Morgan fingerprint density at radius 1 is 1.11 bits per heavy atom. The van der Waals surface area contributed by atoms with E-state index >= 15 is 0 Å². The number of allylic oxidation sites excluding steroid dienone is 1. The van der Waals surface area contributed by atoms with Gasteiger partial charge < -0.3 is 14.2 Å². The Hall–Kier alpha value is -3.17. The van der Waals surface area contributed by atoms with Crippen LogP contribution in [0.2, 0.25) is 0 Å². The van der Waals surface area contributed by atoms with Crippen LogP contribution >= 0.6 is 0 Å². The van der Waals surface area contributed by atoms with E-state index in [1.807, 2.05) is 16.7 Å². The number of rotatable bonds is 3. The second-order valence-corrected chi connectivity index (χ2v) is 6.76. The minimum Gasteiger partial charge on any atom is -0.368 e. The molecule has 2 aromatic heterocycles. The van der Waals surface area contributed by atoms with E-state index in [0.29, 0.717) is 5.69 Å². The fourth-order valence-corrected chi connectivity index (χ4v) is 3.32. The molecule has 0 spiro atoms. The van der Waals surface area contributed by atoms with Gasteiger partial charge in [-0.15, -0.1) is 0 Å². The summed E-state index contributed by atoms with van der Waals surface area (Å²) in [5, 5.41) is 9.45. The second kappa shape index (κ2) is 7.22. The van der Waals surface area contributed by atoms with Gasteiger partial charge in [0.2, 0.25) is 0 Å². The van der Waals surface area contributed by atoms with Gasteiger partial charge >= 0.3 is 0 Å². The standard InChI is InChI=1S/C21H20FN5/c1-25-8-10-26(11-9-25)18-6-7-21-24-17(14-27(21)15-18)12-16(13-23)19-4-2-3-5-20(19)22/h2-7,12,14-15H,8-11H2,1H3/b16-12+. The Morgan fingerprint density at radius 3 is 2.63 bits per heavy atom. The lowest BCUT2D eigenvalue weighted by atomic mass is 10.1. The van der Waals surface area contributed by atoms with Crippen molar-refractivity contribution in [2.24, 2.45) is 0 Å². The summed E-state index contributed by atoms with van der Waals surface area (Å²) < 4.78 is 15.9. The van der Waals surface area contributed by atoms with Crippen LogP contribution in [0.15, 0.2) is 48.8 Å². The Balaban J connectivity index is 1.65. The molecule has 1 aliphatic rings. The van der Waals surface area contributed by atoms with Crippen LogP contribution in [0.1, 0.15) is 11.3 Å². The average molecular weight is 361 g/mol. The van der Waals surface area contributed by atoms with E-state index < -0.39 is 5.82 Å². The zero-order chi connectivity index (χ0) is 18.8. The lowest BCUT2D eigenvalue weighted by Gasteiger charge is -2.33. The maximum atomic E-state index is 14.0. The summed E-state index contributed by atoms with van der Waals surface area (Å²) in [6.45, 7) is 4.08. The highest BCUT2D eigenvalue weighted by atomic mass is 19.1. The lowest BCUT2D eigenvalue weighted by Crippen LogP contribution is -2.44. The second-order valence-electron chi connectivity index (χ2n) is 6.76. The third-order valence-corrected chi connectivity index (χ3v) is 4.90. The molecule has 0 unspecified atom stereocenters. The molecule has 1 fully saturated rings. The number of anilines is 1. The summed E-state index contributed by atoms with van der Waals surface area (Å²) in [5.41, 5.74) is 3.12. The van der Waals surface area contributed by atoms with Crippen molar-refractivity contribution < 1.29 is 4.39 Å². The van der Waals surface area contributed by atoms with Crippen LogP contribution in [-0.2, 0) is 0 Å². The Labute approximate surface area is 157 Å². The van der Waals surface area contributed by atoms with E-state index in [0.717, 1.165) is 37.5 Å². The number of piperazine rings is 1. The number of fused-ring (bicyclic) bond motifs is 1. The van der Waals surface area contributed by atoms with Crippen molar-refractivity contribution >= 4 is 23.0 Å². The minimum atomic E-state index is -0.411. The summed E-state index contributed by atoms with van der Waals surface area (Å²) in [6.07, 6.45) is 5.55. The number of likely N-dealkylation sites (N-methyl/N-ethyl adjacent to an activating group) is 1. The Morgan fingerprint density at radius 2 is 1.89 bits per heavy atom. The number of nitrogens with zero attached hydrogens (tertiary/aromatic N) is 5. The number of pyridine rings is 1. The number of benzene rings is 1. The third-order valence-electron chi connectivity index (χ3n) is 4.90. The predicted octanol–water partition coefficient (Wildman–Crippen LogP) is 3.29. The van der Waals surface area contributed by atoms with Gasteiger partial charge in [0.05, 0.1) is 23.0 Å². The highest BCUT2D eigenvalue weighted by Gasteiger charge is 2.15. The summed E-state index contributed by atoms with van der Waals surface area (Å²) >= 11 is 0. The molecule has 4 rings (SSSR count). The van der Waals surface area contributed by atoms with E-state index in [9.17, 15) is 9.65 Å². The number of hydrogen-bond acceptors (Lipinski definition) is 4. The monoisotopic (exact) mass is 361 g/mol. The van der Waals surface area contributed by atoms with Crippen LogP contribution in [-0.4, -0.2) is 47.5 Å². The predicted molar refractivity (Wildman–Crippen MR) is 105 cm³/mol. The van der Waals surface area contributed by atoms with Crippen LogP contribution in [0.4, 0.5) is 10.1 Å². The third kappa shape index (κ3) is 3.55. The van der Waals surface area contributed by atoms with Crippen molar-refractivity contribution in [3.05, 3.63) is 65.9 Å². The van der Waals surface area contributed by atoms with Crippen molar-refractivity contribution in [1.29, 1.82) is 5.26 Å². The zero-order valence-electron chi connectivity index (χ0n) is 15.1. The molecule has 0 radical (unpaired) electrons. The molecule has 1 aromatic carbocycles. The first-order chi connectivity index (χ1) is 13.1. The molecule has 1 saturated heterocycles. The maximum absolute atomic E-state index is 14.0. The van der Waals surface area contributed by atoms with E-state index in [1.54, 1.807) is 24.3 Å². The first-order valence-corrected chi connectivity index (χ1v) is 8.93. The highest BCUT2D eigenvalue weighted by Crippen LogP contribution is 2.22. The van der Waals surface area contributed by atoms with Crippen molar-refractivity contribution in [2.45, 2.75) is 0 Å². The summed E-state index contributed by atoms with van der Waals surface area (Å²) in [5.74, 6) is -0.411. The molecule has 0 bridgehead atoms. The van der Waals surface area contributed by atoms with Gasteiger partial charge in [-0.2, -0.15) is 5.26 Å². The van der Waals surface area contributed by atoms with Crippen molar-refractivity contribution in [1.82, 2.24) is 14.3 Å². The molecule has 6 heteroatoms. The first-order valence-electron chi connectivity index (χ1n) is 8.93. The van der Waals surface area contributed by atoms with Gasteiger partial charge in [-0.1, -0.05) is 18.2 Å². The van der Waals surface area contributed by atoms with Gasteiger partial charge in [-0.25, -0.2) is 9.37 Å². The topological polar surface area (TPSA) is 47.6 Å². The largest absolute Gasteiger partial charge is 0.368 e. The number of hydrogen-bond donors (Lipinski definition) is 0. The molecule has 0 aliphatic carbocycles. The normalized spacial score (nSPS) is 15.9. The highest BCUT2D eigenvalue weighted by molar-refractivity contribution is 5.89. The van der Waals surface area contributed by atoms with Gasteiger partial charge in [0, 0.05) is 44.1 Å². The van der Waals surface area contributed by atoms with Gasteiger partial charge in [-0.3, -0.25) is 0 Å². The quantitative estimate of drug-likeness (QED) is 0.672. The van der Waals surface area contributed by atoms with Gasteiger partial charge in [-0.05, 0) is 31.3 Å². The van der Waals surface area contributed by atoms with E-state index in [-0.39, 0.29) is 11.1 Å². The fraction of sp³-hybridized carbons (Fsp3) is 0.238. The zero-order valence-corrected chi connectivity index (χ0v) is 15.1. The Kier molecular flexibility index (Phi) is 4.61. The minimum absolute atomic E-state index is 0.260. The van der Waals surface area contributed by atoms with E-state index in [2.05, 4.69) is 40.2 Å². The van der Waals surface area contributed by atoms with Crippen LogP contribution in [0.25, 0.3) is 17.3 Å². The molecule has 3 aromatic rings. The van der Waals surface area contributed by atoms with E-state index in [1.165, 1.54) is 6.07 Å². The molecule has 136 valence electrons. The number of nitriles is 1. The number of halogens is 1. The van der Waals surface area contributed by atoms with Crippen LogP contribution < -0.4 is 4.90 Å². The summed E-state index contributed by atoms with van der Waals surface area (Å²) in [7, 11) is 2.14. The fourth-order valence-electron chi connectivity index (χ4n) is 3.32. The van der Waals surface area contributed by atoms with Crippen molar-refractivity contribution in [2.75, 3.05) is 38.1 Å². The molecule has 1 aliphatic heterocycles. The van der Waals surface area contributed by atoms with Crippen LogP contribution in [0.3, 0.4) is 0 Å². The van der Waals surface area contributed by atoms with Crippen LogP contribution in [0, 0.1) is 17.1 Å². The molecule has 0 N–H and O–H groups in total. The van der Waals surface area contributed by atoms with E-state index in [4.69, 9.17) is 0 Å². The number of imidazole rings is 1. The molecule has 0 atom stereocenters. The summed E-state index contributed by atoms with van der Waals surface area (Å²) in [4.78, 5) is 9.22. The molecule has 27 heavy (non-hydrogen) atoms. The van der Waals surface area contributed by atoms with Crippen molar-refractivity contribution in [3.63, 3.8) is 0 Å². The Bertz CT molecular complexity index is 1040. The molecule has 0 amide bonds. The molecular weight excluding hydrogens is 341 g/mol. The first kappa shape index (κ1) is 17.3. The smallest absolute Gasteiger partial charge is 0.137 e. The molecule has 0 saturated carbocycles. The molecular formula is C21H20FN5. The number of aromatic nitrogens is 2. The SMILES string of the molecule is CN1CCN(c2ccc3nc(/C=C(\C#N)c4ccccc4F)cn3c2)CC1. The summed E-state index contributed by atoms with van der Waals surface area (Å²) in [6, 6.07) is 12.4. The molecule has 5 nitrogen and oxygen atoms in total. The van der Waals surface area contributed by atoms with Gasteiger partial charge in [0.25, 0.3) is 0 Å². The molecule has 3 heterocycles. The van der Waals surface area contributed by atoms with Crippen LogP contribution in [0.5, 0.6) is 0 Å². The van der Waals surface area contributed by atoms with Crippen molar-refractivity contribution in [3.8, 4) is 6.07 Å². The van der Waals surface area contributed by atoms with Gasteiger partial charge in [0.15, 0.2) is 0 Å². The lowest BCUT2D eigenvalue weighted by molar-refractivity contribution is 0.313.